The molecule has 0 amide bonds. The van der Waals surface area contributed by atoms with Crippen molar-refractivity contribution in [1.82, 2.24) is 5.32 Å². The zero-order chi connectivity index (χ0) is 9.19. The van der Waals surface area contributed by atoms with Gasteiger partial charge in [-0.1, -0.05) is 20.8 Å². The van der Waals surface area contributed by atoms with Crippen LogP contribution in [0, 0.1) is 17.3 Å². The van der Waals surface area contributed by atoms with Crippen LogP contribution in [0.25, 0.3) is 0 Å². The average molecular weight is 208 g/mol. The van der Waals surface area contributed by atoms with E-state index < -0.39 is 0 Å². The lowest BCUT2D eigenvalue weighted by molar-refractivity contribution is 0.175. The number of nitrogens with one attached hydrogen (secondary N) is 1. The first kappa shape index (κ1) is 13.2. The van der Waals surface area contributed by atoms with Crippen LogP contribution in [0.1, 0.15) is 27.2 Å². The Balaban J connectivity index is 0.00000144. The number of rotatable bonds is 2. The molecular weight excluding hydrogens is 186 g/mol. The van der Waals surface area contributed by atoms with Crippen molar-refractivity contribution in [3.8, 4) is 0 Å². The molecule has 0 radical (unpaired) electrons. The van der Waals surface area contributed by atoms with Gasteiger partial charge in [-0.25, -0.2) is 0 Å². The molecule has 0 bridgehead atoms. The van der Waals surface area contributed by atoms with Gasteiger partial charge in [-0.3, -0.25) is 0 Å². The third-order valence-electron chi connectivity index (χ3n) is 2.59. The van der Waals surface area contributed by atoms with Gasteiger partial charge in [0.2, 0.25) is 0 Å². The van der Waals surface area contributed by atoms with Gasteiger partial charge in [0.15, 0.2) is 0 Å². The van der Waals surface area contributed by atoms with Crippen molar-refractivity contribution in [3.63, 3.8) is 0 Å². The Morgan fingerprint density at radius 2 is 1.77 bits per heavy atom. The first-order chi connectivity index (χ1) is 5.53. The summed E-state index contributed by atoms with van der Waals surface area (Å²) >= 11 is 0. The Hall–Kier alpha value is 0.210. The minimum atomic E-state index is 0. The summed E-state index contributed by atoms with van der Waals surface area (Å²) in [5, 5.41) is 12.4. The van der Waals surface area contributed by atoms with E-state index in [2.05, 4.69) is 26.1 Å². The Morgan fingerprint density at radius 3 is 2.23 bits per heavy atom. The second-order valence-corrected chi connectivity index (χ2v) is 5.13. The van der Waals surface area contributed by atoms with E-state index in [0.717, 1.165) is 13.1 Å². The fourth-order valence-electron chi connectivity index (χ4n) is 2.03. The predicted molar refractivity (Wildman–Crippen MR) is 58.3 cm³/mol. The average Bonchev–Trinajstić information content (AvgIpc) is 2.31. The maximum atomic E-state index is 9.09. The Bertz CT molecular complexity index is 144. The van der Waals surface area contributed by atoms with Gasteiger partial charge in [-0.2, -0.15) is 0 Å². The molecule has 1 fully saturated rings. The van der Waals surface area contributed by atoms with E-state index >= 15 is 0 Å². The van der Waals surface area contributed by atoms with Crippen molar-refractivity contribution in [2.24, 2.45) is 17.3 Å². The van der Waals surface area contributed by atoms with Crippen LogP contribution >= 0.6 is 12.4 Å². The molecule has 13 heavy (non-hydrogen) atoms. The highest BCUT2D eigenvalue weighted by Gasteiger charge is 2.29. The number of hydrogen-bond acceptors (Lipinski definition) is 2. The van der Waals surface area contributed by atoms with Crippen LogP contribution in [-0.4, -0.2) is 24.8 Å². The molecule has 0 aromatic rings. The zero-order valence-corrected chi connectivity index (χ0v) is 9.66. The van der Waals surface area contributed by atoms with E-state index in [1.54, 1.807) is 0 Å². The van der Waals surface area contributed by atoms with Gasteiger partial charge < -0.3 is 10.4 Å². The monoisotopic (exact) mass is 207 g/mol. The standard InChI is InChI=1S/C10H21NO.ClH/c1-10(2,3)4-8-5-11-6-9(8)7-12;/h8-9,11-12H,4-7H2,1-3H3;1H/t8-,9-;/m0./s1. The number of hydrogen-bond donors (Lipinski definition) is 2. The van der Waals surface area contributed by atoms with Crippen molar-refractivity contribution in [1.29, 1.82) is 0 Å². The fourth-order valence-corrected chi connectivity index (χ4v) is 2.03. The van der Waals surface area contributed by atoms with Gasteiger partial charge in [-0.05, 0) is 30.2 Å². The van der Waals surface area contributed by atoms with Crippen LogP contribution in [0.3, 0.4) is 0 Å². The topological polar surface area (TPSA) is 32.3 Å². The van der Waals surface area contributed by atoms with E-state index in [0.29, 0.717) is 23.9 Å². The third-order valence-corrected chi connectivity index (χ3v) is 2.59. The van der Waals surface area contributed by atoms with E-state index in [1.165, 1.54) is 6.42 Å². The molecule has 0 spiro atoms. The summed E-state index contributed by atoms with van der Waals surface area (Å²) in [5.41, 5.74) is 0.393. The van der Waals surface area contributed by atoms with Crippen LogP contribution < -0.4 is 5.32 Å². The van der Waals surface area contributed by atoms with Crippen LogP contribution in [0.5, 0.6) is 0 Å². The summed E-state index contributed by atoms with van der Waals surface area (Å²) in [6.07, 6.45) is 1.21. The van der Waals surface area contributed by atoms with Gasteiger partial charge in [0.25, 0.3) is 0 Å². The van der Waals surface area contributed by atoms with E-state index in [4.69, 9.17) is 5.11 Å². The normalized spacial score (nSPS) is 28.6. The Labute approximate surface area is 87.5 Å². The Morgan fingerprint density at radius 1 is 1.23 bits per heavy atom. The SMILES string of the molecule is CC(C)(C)C[C@H]1CNC[C@H]1CO.Cl. The van der Waals surface area contributed by atoms with Crippen LogP contribution in [-0.2, 0) is 0 Å². The maximum Gasteiger partial charge on any atom is 0.0474 e. The summed E-state index contributed by atoms with van der Waals surface area (Å²) in [5.74, 6) is 1.17. The molecule has 1 aliphatic heterocycles. The molecule has 2 nitrogen and oxygen atoms in total. The third kappa shape index (κ3) is 4.30. The number of aliphatic hydroxyl groups is 1. The molecule has 1 aliphatic rings. The molecule has 2 atom stereocenters. The van der Waals surface area contributed by atoms with Gasteiger partial charge in [0.1, 0.15) is 0 Å². The van der Waals surface area contributed by atoms with E-state index in [1.807, 2.05) is 0 Å². The number of halogens is 1. The first-order valence-electron chi connectivity index (χ1n) is 4.84. The van der Waals surface area contributed by atoms with Crippen molar-refractivity contribution >= 4 is 12.4 Å². The van der Waals surface area contributed by atoms with Crippen molar-refractivity contribution < 1.29 is 5.11 Å². The van der Waals surface area contributed by atoms with Crippen LogP contribution in [0.2, 0.25) is 0 Å². The summed E-state index contributed by atoms with van der Waals surface area (Å²) < 4.78 is 0. The lowest BCUT2D eigenvalue weighted by Crippen LogP contribution is -2.22. The molecule has 0 aromatic heterocycles. The molecule has 1 rings (SSSR count). The Kier molecular flexibility index (Phi) is 5.26. The lowest BCUT2D eigenvalue weighted by atomic mass is 9.80. The molecule has 0 aromatic carbocycles. The highest BCUT2D eigenvalue weighted by atomic mass is 35.5. The maximum absolute atomic E-state index is 9.09. The van der Waals surface area contributed by atoms with Gasteiger partial charge in [0.05, 0.1) is 0 Å². The molecular formula is C10H22ClNO. The quantitative estimate of drug-likeness (QED) is 0.722. The van der Waals surface area contributed by atoms with Gasteiger partial charge in [-0.15, -0.1) is 12.4 Å². The smallest absolute Gasteiger partial charge is 0.0474 e. The molecule has 1 heterocycles. The summed E-state index contributed by atoms with van der Waals surface area (Å²) in [6.45, 7) is 9.22. The molecule has 1 saturated heterocycles. The zero-order valence-electron chi connectivity index (χ0n) is 8.84. The van der Waals surface area contributed by atoms with E-state index in [-0.39, 0.29) is 12.4 Å². The summed E-state index contributed by atoms with van der Waals surface area (Å²) in [7, 11) is 0. The second-order valence-electron chi connectivity index (χ2n) is 5.13. The molecule has 0 unspecified atom stereocenters. The largest absolute Gasteiger partial charge is 0.396 e. The van der Waals surface area contributed by atoms with Crippen LogP contribution in [0.4, 0.5) is 0 Å². The second kappa shape index (κ2) is 5.18. The van der Waals surface area contributed by atoms with Gasteiger partial charge >= 0.3 is 0 Å². The summed E-state index contributed by atoms with van der Waals surface area (Å²) in [6, 6.07) is 0. The molecule has 0 saturated carbocycles. The molecule has 3 heteroatoms. The minimum Gasteiger partial charge on any atom is -0.396 e. The highest BCUT2D eigenvalue weighted by molar-refractivity contribution is 5.85. The van der Waals surface area contributed by atoms with Crippen LogP contribution in [0.15, 0.2) is 0 Å². The van der Waals surface area contributed by atoms with Gasteiger partial charge in [0, 0.05) is 13.2 Å². The highest BCUT2D eigenvalue weighted by Crippen LogP contribution is 2.30. The fraction of sp³-hybridized carbons (Fsp3) is 1.00. The number of aliphatic hydroxyl groups excluding tert-OH is 1. The van der Waals surface area contributed by atoms with Crippen molar-refractivity contribution in [2.45, 2.75) is 27.2 Å². The van der Waals surface area contributed by atoms with Crippen molar-refractivity contribution in [2.75, 3.05) is 19.7 Å². The van der Waals surface area contributed by atoms with E-state index in [9.17, 15) is 0 Å². The first-order valence-corrected chi connectivity index (χ1v) is 4.84. The molecule has 2 N–H and O–H groups in total. The molecule has 80 valence electrons. The van der Waals surface area contributed by atoms with Crippen molar-refractivity contribution in [3.05, 3.63) is 0 Å². The molecule has 0 aliphatic carbocycles. The summed E-state index contributed by atoms with van der Waals surface area (Å²) in [4.78, 5) is 0. The predicted octanol–water partition coefficient (Wildman–Crippen LogP) is 1.67. The lowest BCUT2D eigenvalue weighted by Gasteiger charge is -2.25. The minimum absolute atomic E-state index is 0.